The van der Waals surface area contributed by atoms with Crippen LogP contribution in [-0.2, 0) is 4.74 Å². The van der Waals surface area contributed by atoms with E-state index in [0.717, 1.165) is 12.3 Å². The van der Waals surface area contributed by atoms with Gasteiger partial charge in [-0.25, -0.2) is 0 Å². The van der Waals surface area contributed by atoms with Crippen molar-refractivity contribution in [1.29, 1.82) is 0 Å². The molecule has 1 rings (SSSR count). The van der Waals surface area contributed by atoms with Gasteiger partial charge in [-0.1, -0.05) is 19.1 Å². The summed E-state index contributed by atoms with van der Waals surface area (Å²) in [5, 5.41) is 11.9. The predicted molar refractivity (Wildman–Crippen MR) is 71.9 cm³/mol. The Labute approximate surface area is 109 Å². The molecule has 4 heteroatoms. The van der Waals surface area contributed by atoms with Crippen LogP contribution in [0.1, 0.15) is 25.5 Å². The van der Waals surface area contributed by atoms with Crippen LogP contribution in [-0.4, -0.2) is 38.1 Å². The molecule has 1 aromatic carbocycles. The van der Waals surface area contributed by atoms with E-state index in [1.165, 1.54) is 5.56 Å². The van der Waals surface area contributed by atoms with Gasteiger partial charge >= 0.3 is 0 Å². The molecule has 2 N–H and O–H groups in total. The number of aliphatic hydroxyl groups is 1. The number of rotatable bonds is 9. The first-order valence-electron chi connectivity index (χ1n) is 6.42. The van der Waals surface area contributed by atoms with Crippen molar-refractivity contribution < 1.29 is 14.6 Å². The molecule has 0 radical (unpaired) electrons. The van der Waals surface area contributed by atoms with Gasteiger partial charge in [0.05, 0.1) is 19.8 Å². The van der Waals surface area contributed by atoms with Crippen molar-refractivity contribution in [2.45, 2.75) is 19.9 Å². The maximum absolute atomic E-state index is 8.56. The second kappa shape index (κ2) is 8.91. The molecule has 0 amide bonds. The lowest BCUT2D eigenvalue weighted by Gasteiger charge is -2.14. The van der Waals surface area contributed by atoms with Crippen molar-refractivity contribution >= 4 is 0 Å². The average Bonchev–Trinajstić information content (AvgIpc) is 2.39. The van der Waals surface area contributed by atoms with Crippen LogP contribution in [0, 0.1) is 0 Å². The summed E-state index contributed by atoms with van der Waals surface area (Å²) in [5.41, 5.74) is 1.21. The first-order chi connectivity index (χ1) is 8.77. The van der Waals surface area contributed by atoms with Crippen LogP contribution < -0.4 is 10.1 Å². The Morgan fingerprint density at radius 3 is 2.83 bits per heavy atom. The Bertz CT molecular complexity index is 331. The molecular weight excluding hydrogens is 230 g/mol. The highest BCUT2D eigenvalue weighted by atomic mass is 16.5. The van der Waals surface area contributed by atoms with Gasteiger partial charge < -0.3 is 19.9 Å². The summed E-state index contributed by atoms with van der Waals surface area (Å²) < 4.78 is 10.7. The van der Waals surface area contributed by atoms with Crippen LogP contribution >= 0.6 is 0 Å². The van der Waals surface area contributed by atoms with Gasteiger partial charge in [0.25, 0.3) is 0 Å². The molecule has 0 fully saturated rings. The minimum Gasteiger partial charge on any atom is -0.491 e. The Morgan fingerprint density at radius 2 is 2.11 bits per heavy atom. The third kappa shape index (κ3) is 5.49. The lowest BCUT2D eigenvalue weighted by Crippen LogP contribution is -2.17. The van der Waals surface area contributed by atoms with Gasteiger partial charge in [0.15, 0.2) is 0 Å². The van der Waals surface area contributed by atoms with Crippen LogP contribution in [0.15, 0.2) is 24.3 Å². The third-order valence-electron chi connectivity index (χ3n) is 2.60. The van der Waals surface area contributed by atoms with E-state index in [9.17, 15) is 0 Å². The molecular formula is C14H23NO3. The van der Waals surface area contributed by atoms with Crippen molar-refractivity contribution in [3.63, 3.8) is 0 Å². The van der Waals surface area contributed by atoms with E-state index in [0.29, 0.717) is 25.9 Å². The quantitative estimate of drug-likeness (QED) is 0.658. The summed E-state index contributed by atoms with van der Waals surface area (Å²) >= 11 is 0. The zero-order valence-corrected chi connectivity index (χ0v) is 11.2. The molecule has 0 saturated carbocycles. The second-order valence-electron chi connectivity index (χ2n) is 4.04. The van der Waals surface area contributed by atoms with Crippen LogP contribution in [0.2, 0.25) is 0 Å². The molecule has 1 unspecified atom stereocenters. The van der Waals surface area contributed by atoms with E-state index >= 15 is 0 Å². The van der Waals surface area contributed by atoms with Crippen LogP contribution in [0.5, 0.6) is 5.75 Å². The first-order valence-corrected chi connectivity index (χ1v) is 6.42. The maximum atomic E-state index is 8.56. The molecule has 0 aliphatic rings. The summed E-state index contributed by atoms with van der Waals surface area (Å²) in [6.45, 7) is 6.58. The molecule has 0 spiro atoms. The Hall–Kier alpha value is -1.10. The minimum atomic E-state index is 0.0513. The minimum absolute atomic E-state index is 0.0513. The molecule has 1 atom stereocenters. The summed E-state index contributed by atoms with van der Waals surface area (Å²) in [5.74, 6) is 0.852. The summed E-state index contributed by atoms with van der Waals surface area (Å²) in [4.78, 5) is 0. The Morgan fingerprint density at radius 1 is 1.28 bits per heavy atom. The number of benzene rings is 1. The Balaban J connectivity index is 2.39. The second-order valence-corrected chi connectivity index (χ2v) is 4.04. The molecule has 0 heterocycles. The number of hydrogen-bond acceptors (Lipinski definition) is 4. The standard InChI is InChI=1S/C14H23NO3/c1-3-15-12(2)13-5-4-6-14(11-13)18-10-9-17-8-7-16/h4-6,11-12,15-16H,3,7-10H2,1-2H3. The summed E-state index contributed by atoms with van der Waals surface area (Å²) in [7, 11) is 0. The smallest absolute Gasteiger partial charge is 0.119 e. The van der Waals surface area contributed by atoms with Crippen LogP contribution in [0.4, 0.5) is 0 Å². The molecule has 0 aromatic heterocycles. The number of aliphatic hydroxyl groups excluding tert-OH is 1. The van der Waals surface area contributed by atoms with Gasteiger partial charge in [-0.3, -0.25) is 0 Å². The fourth-order valence-corrected chi connectivity index (χ4v) is 1.68. The zero-order valence-electron chi connectivity index (χ0n) is 11.2. The van der Waals surface area contributed by atoms with Crippen molar-refractivity contribution in [2.75, 3.05) is 33.0 Å². The van der Waals surface area contributed by atoms with Crippen molar-refractivity contribution in [2.24, 2.45) is 0 Å². The number of ether oxygens (including phenoxy) is 2. The first kappa shape index (κ1) is 15.0. The monoisotopic (exact) mass is 253 g/mol. The van der Waals surface area contributed by atoms with Crippen LogP contribution in [0.25, 0.3) is 0 Å². The van der Waals surface area contributed by atoms with E-state index in [2.05, 4.69) is 25.2 Å². The van der Waals surface area contributed by atoms with E-state index < -0.39 is 0 Å². The highest BCUT2D eigenvalue weighted by Gasteiger charge is 2.04. The fraction of sp³-hybridized carbons (Fsp3) is 0.571. The van der Waals surface area contributed by atoms with Gasteiger partial charge in [0.1, 0.15) is 12.4 Å². The molecule has 1 aromatic rings. The van der Waals surface area contributed by atoms with E-state index in [-0.39, 0.29) is 6.61 Å². The number of nitrogens with one attached hydrogen (secondary N) is 1. The molecule has 0 aliphatic carbocycles. The largest absolute Gasteiger partial charge is 0.491 e. The average molecular weight is 253 g/mol. The fourth-order valence-electron chi connectivity index (χ4n) is 1.68. The van der Waals surface area contributed by atoms with Crippen LogP contribution in [0.3, 0.4) is 0 Å². The lowest BCUT2D eigenvalue weighted by molar-refractivity contribution is 0.0705. The molecule has 0 aliphatic heterocycles. The molecule has 0 bridgehead atoms. The van der Waals surface area contributed by atoms with Gasteiger partial charge in [-0.2, -0.15) is 0 Å². The summed E-state index contributed by atoms with van der Waals surface area (Å²) in [6.07, 6.45) is 0. The molecule has 102 valence electrons. The molecule has 18 heavy (non-hydrogen) atoms. The normalized spacial score (nSPS) is 12.4. The van der Waals surface area contributed by atoms with Gasteiger partial charge in [-0.15, -0.1) is 0 Å². The van der Waals surface area contributed by atoms with E-state index in [4.69, 9.17) is 14.6 Å². The SMILES string of the molecule is CCNC(C)c1cccc(OCCOCCO)c1. The summed E-state index contributed by atoms with van der Waals surface area (Å²) in [6, 6.07) is 8.38. The highest BCUT2D eigenvalue weighted by Crippen LogP contribution is 2.18. The number of hydrogen-bond donors (Lipinski definition) is 2. The van der Waals surface area contributed by atoms with Crippen molar-refractivity contribution in [3.8, 4) is 5.75 Å². The van der Waals surface area contributed by atoms with E-state index in [1.54, 1.807) is 0 Å². The predicted octanol–water partition coefficient (Wildman–Crippen LogP) is 1.74. The van der Waals surface area contributed by atoms with Gasteiger partial charge in [0.2, 0.25) is 0 Å². The van der Waals surface area contributed by atoms with E-state index in [1.807, 2.05) is 18.2 Å². The zero-order chi connectivity index (χ0) is 13.2. The maximum Gasteiger partial charge on any atom is 0.119 e. The van der Waals surface area contributed by atoms with Crippen molar-refractivity contribution in [1.82, 2.24) is 5.32 Å². The third-order valence-corrected chi connectivity index (χ3v) is 2.60. The Kier molecular flexibility index (Phi) is 7.41. The lowest BCUT2D eigenvalue weighted by atomic mass is 10.1. The van der Waals surface area contributed by atoms with Gasteiger partial charge in [0, 0.05) is 6.04 Å². The topological polar surface area (TPSA) is 50.7 Å². The molecule has 4 nitrogen and oxygen atoms in total. The molecule has 0 saturated heterocycles. The van der Waals surface area contributed by atoms with Gasteiger partial charge in [-0.05, 0) is 31.2 Å². The van der Waals surface area contributed by atoms with Crippen molar-refractivity contribution in [3.05, 3.63) is 29.8 Å². The highest BCUT2D eigenvalue weighted by molar-refractivity contribution is 5.30.